The third-order valence-corrected chi connectivity index (χ3v) is 2.29. The molecule has 0 atom stereocenters. The van der Waals surface area contributed by atoms with Crippen molar-refractivity contribution >= 4 is 5.82 Å². The second kappa shape index (κ2) is 3.73. The largest absolute Gasteiger partial charge is 0.472 e. The number of nitrogens with zero attached hydrogens (tertiary/aromatic N) is 2. The minimum atomic E-state index is 0.288. The van der Waals surface area contributed by atoms with E-state index >= 15 is 0 Å². The highest BCUT2D eigenvalue weighted by molar-refractivity contribution is 5.67. The summed E-state index contributed by atoms with van der Waals surface area (Å²) in [6.07, 6.45) is 4.76. The Hall–Kier alpha value is -1.84. The van der Waals surface area contributed by atoms with E-state index in [0.717, 1.165) is 16.8 Å². The lowest BCUT2D eigenvalue weighted by molar-refractivity contribution is 0.568. The van der Waals surface area contributed by atoms with E-state index in [9.17, 15) is 0 Å². The highest BCUT2D eigenvalue weighted by Gasteiger charge is 2.14. The van der Waals surface area contributed by atoms with Crippen molar-refractivity contribution in [3.63, 3.8) is 0 Å². The zero-order valence-electron chi connectivity index (χ0n) is 8.77. The zero-order valence-corrected chi connectivity index (χ0v) is 8.77. The van der Waals surface area contributed by atoms with Gasteiger partial charge in [0, 0.05) is 11.1 Å². The molecule has 0 aliphatic carbocycles. The summed E-state index contributed by atoms with van der Waals surface area (Å²) in [6.45, 7) is 4.14. The summed E-state index contributed by atoms with van der Waals surface area (Å²) in [5, 5.41) is 0. The lowest BCUT2D eigenvalue weighted by Crippen LogP contribution is -2.03. The SMILES string of the molecule is CC(C)c1c(N)ncnc1-c1ccoc1. The Morgan fingerprint density at radius 2 is 2.13 bits per heavy atom. The normalized spacial score (nSPS) is 10.9. The van der Waals surface area contributed by atoms with Crippen LogP contribution in [-0.4, -0.2) is 9.97 Å². The summed E-state index contributed by atoms with van der Waals surface area (Å²) in [7, 11) is 0. The Balaban J connectivity index is 2.61. The Morgan fingerprint density at radius 1 is 1.33 bits per heavy atom. The minimum absolute atomic E-state index is 0.288. The summed E-state index contributed by atoms with van der Waals surface area (Å²) in [5.41, 5.74) is 8.61. The molecule has 0 aliphatic heterocycles. The maximum absolute atomic E-state index is 5.85. The van der Waals surface area contributed by atoms with Gasteiger partial charge in [0.15, 0.2) is 0 Å². The molecule has 4 nitrogen and oxygen atoms in total. The quantitative estimate of drug-likeness (QED) is 0.814. The number of anilines is 1. The van der Waals surface area contributed by atoms with Crippen LogP contribution in [0.15, 0.2) is 29.3 Å². The van der Waals surface area contributed by atoms with E-state index in [0.29, 0.717) is 5.82 Å². The topological polar surface area (TPSA) is 64.9 Å². The molecule has 78 valence electrons. The second-order valence-electron chi connectivity index (χ2n) is 3.69. The highest BCUT2D eigenvalue weighted by atomic mass is 16.3. The van der Waals surface area contributed by atoms with E-state index in [-0.39, 0.29) is 5.92 Å². The summed E-state index contributed by atoms with van der Waals surface area (Å²) >= 11 is 0. The zero-order chi connectivity index (χ0) is 10.8. The van der Waals surface area contributed by atoms with E-state index in [4.69, 9.17) is 10.2 Å². The van der Waals surface area contributed by atoms with E-state index in [1.54, 1.807) is 12.5 Å². The molecule has 0 bridgehead atoms. The molecule has 2 aromatic heterocycles. The minimum Gasteiger partial charge on any atom is -0.472 e. The lowest BCUT2D eigenvalue weighted by atomic mass is 9.99. The molecule has 4 heteroatoms. The molecule has 2 rings (SSSR count). The number of furan rings is 1. The number of hydrogen-bond acceptors (Lipinski definition) is 4. The Kier molecular flexibility index (Phi) is 2.41. The molecule has 0 amide bonds. The Labute approximate surface area is 88.2 Å². The van der Waals surface area contributed by atoms with Crippen LogP contribution in [0.3, 0.4) is 0 Å². The monoisotopic (exact) mass is 203 g/mol. The Morgan fingerprint density at radius 3 is 2.73 bits per heavy atom. The maximum atomic E-state index is 5.85. The molecule has 0 fully saturated rings. The molecule has 0 aliphatic rings. The predicted octanol–water partition coefficient (Wildman–Crippen LogP) is 2.44. The van der Waals surface area contributed by atoms with Crippen molar-refractivity contribution in [1.82, 2.24) is 9.97 Å². The molecule has 0 saturated heterocycles. The van der Waals surface area contributed by atoms with Gasteiger partial charge in [-0.1, -0.05) is 13.8 Å². The molecule has 0 saturated carbocycles. The lowest BCUT2D eigenvalue weighted by Gasteiger charge is -2.11. The standard InChI is InChI=1S/C11H13N3O/c1-7(2)9-10(8-3-4-15-5-8)13-6-14-11(9)12/h3-7H,1-2H3,(H2,12,13,14). The van der Waals surface area contributed by atoms with Crippen molar-refractivity contribution in [2.75, 3.05) is 5.73 Å². The molecule has 15 heavy (non-hydrogen) atoms. The average Bonchev–Trinajstić information content (AvgIpc) is 2.69. The fraction of sp³-hybridized carbons (Fsp3) is 0.273. The van der Waals surface area contributed by atoms with Gasteiger partial charge in [-0.05, 0) is 12.0 Å². The fourth-order valence-corrected chi connectivity index (χ4v) is 1.61. The smallest absolute Gasteiger partial charge is 0.130 e. The summed E-state index contributed by atoms with van der Waals surface area (Å²) in [6, 6.07) is 1.87. The van der Waals surface area contributed by atoms with Gasteiger partial charge in [-0.3, -0.25) is 0 Å². The maximum Gasteiger partial charge on any atom is 0.130 e. The molecule has 0 unspecified atom stereocenters. The van der Waals surface area contributed by atoms with Crippen LogP contribution < -0.4 is 5.73 Å². The van der Waals surface area contributed by atoms with Crippen LogP contribution in [0.5, 0.6) is 0 Å². The number of nitrogen functional groups attached to an aromatic ring is 1. The van der Waals surface area contributed by atoms with Crippen LogP contribution in [0, 0.1) is 0 Å². The molecule has 0 aromatic carbocycles. The van der Waals surface area contributed by atoms with Crippen LogP contribution in [0.4, 0.5) is 5.82 Å². The molecule has 2 aromatic rings. The van der Waals surface area contributed by atoms with Crippen molar-refractivity contribution in [2.24, 2.45) is 0 Å². The van der Waals surface area contributed by atoms with Crippen molar-refractivity contribution in [1.29, 1.82) is 0 Å². The summed E-state index contributed by atoms with van der Waals surface area (Å²) < 4.78 is 5.04. The van der Waals surface area contributed by atoms with Crippen molar-refractivity contribution in [3.8, 4) is 11.3 Å². The first-order chi connectivity index (χ1) is 7.20. The van der Waals surface area contributed by atoms with Crippen molar-refractivity contribution in [3.05, 3.63) is 30.5 Å². The molecule has 0 spiro atoms. The van der Waals surface area contributed by atoms with Gasteiger partial charge in [-0.2, -0.15) is 0 Å². The van der Waals surface area contributed by atoms with Crippen LogP contribution >= 0.6 is 0 Å². The average molecular weight is 203 g/mol. The van der Waals surface area contributed by atoms with Crippen LogP contribution in [0.1, 0.15) is 25.3 Å². The van der Waals surface area contributed by atoms with Gasteiger partial charge in [0.1, 0.15) is 12.1 Å². The van der Waals surface area contributed by atoms with Crippen LogP contribution in [0.2, 0.25) is 0 Å². The number of nitrogens with two attached hydrogens (primary N) is 1. The van der Waals surface area contributed by atoms with Crippen molar-refractivity contribution in [2.45, 2.75) is 19.8 Å². The second-order valence-corrected chi connectivity index (χ2v) is 3.69. The first kappa shape index (κ1) is 9.71. The van der Waals surface area contributed by atoms with Gasteiger partial charge in [0.05, 0.1) is 18.2 Å². The molecule has 2 heterocycles. The van der Waals surface area contributed by atoms with Gasteiger partial charge in [-0.25, -0.2) is 9.97 Å². The van der Waals surface area contributed by atoms with E-state index < -0.39 is 0 Å². The Bertz CT molecular complexity index is 449. The van der Waals surface area contributed by atoms with Crippen LogP contribution in [0.25, 0.3) is 11.3 Å². The van der Waals surface area contributed by atoms with Gasteiger partial charge in [0.2, 0.25) is 0 Å². The van der Waals surface area contributed by atoms with E-state index in [1.807, 2.05) is 6.07 Å². The van der Waals surface area contributed by atoms with Crippen LogP contribution in [-0.2, 0) is 0 Å². The van der Waals surface area contributed by atoms with Gasteiger partial charge >= 0.3 is 0 Å². The number of rotatable bonds is 2. The summed E-state index contributed by atoms with van der Waals surface area (Å²) in [4.78, 5) is 8.26. The third-order valence-electron chi connectivity index (χ3n) is 2.29. The third kappa shape index (κ3) is 1.70. The highest BCUT2D eigenvalue weighted by Crippen LogP contribution is 2.30. The van der Waals surface area contributed by atoms with Gasteiger partial charge in [0.25, 0.3) is 0 Å². The fourth-order valence-electron chi connectivity index (χ4n) is 1.61. The van der Waals surface area contributed by atoms with E-state index in [2.05, 4.69) is 23.8 Å². The molecule has 0 radical (unpaired) electrons. The van der Waals surface area contributed by atoms with Gasteiger partial charge in [-0.15, -0.1) is 0 Å². The molecular formula is C11H13N3O. The molecular weight excluding hydrogens is 190 g/mol. The predicted molar refractivity (Wildman–Crippen MR) is 58.2 cm³/mol. The first-order valence-corrected chi connectivity index (χ1v) is 4.83. The van der Waals surface area contributed by atoms with Gasteiger partial charge < -0.3 is 10.2 Å². The first-order valence-electron chi connectivity index (χ1n) is 4.83. The number of hydrogen-bond donors (Lipinski definition) is 1. The molecule has 2 N–H and O–H groups in total. The van der Waals surface area contributed by atoms with E-state index in [1.165, 1.54) is 6.33 Å². The summed E-state index contributed by atoms with van der Waals surface area (Å²) in [5.74, 6) is 0.826. The number of aromatic nitrogens is 2. The van der Waals surface area contributed by atoms with Crippen molar-refractivity contribution < 1.29 is 4.42 Å².